The number of nitrogens with two attached hydrogens (primary N) is 1. The second kappa shape index (κ2) is 5.36. The van der Waals surface area contributed by atoms with E-state index in [1.165, 1.54) is 0 Å². The first-order valence-corrected chi connectivity index (χ1v) is 6.44. The van der Waals surface area contributed by atoms with Crippen LogP contribution in [0.2, 0.25) is 0 Å². The maximum absolute atomic E-state index is 11.8. The molecule has 1 aromatic heterocycles. The molecule has 0 spiro atoms. The average Bonchev–Trinajstić information content (AvgIpc) is 2.36. The molecule has 0 fully saturated rings. The molecule has 106 valence electrons. The summed E-state index contributed by atoms with van der Waals surface area (Å²) in [6.07, 6.45) is 1.68. The highest BCUT2D eigenvalue weighted by Gasteiger charge is 2.14. The van der Waals surface area contributed by atoms with Crippen LogP contribution in [0.4, 0.5) is 5.69 Å². The van der Waals surface area contributed by atoms with Crippen LogP contribution in [-0.2, 0) is 4.79 Å². The summed E-state index contributed by atoms with van der Waals surface area (Å²) in [6, 6.07) is 7.16. The first-order chi connectivity index (χ1) is 9.37. The molecule has 0 atom stereocenters. The topological polar surface area (TPSA) is 77.2 Å². The summed E-state index contributed by atoms with van der Waals surface area (Å²) in [6.45, 7) is 5.74. The van der Waals surface area contributed by atoms with Crippen molar-refractivity contribution in [3.05, 3.63) is 30.5 Å². The molecule has 0 aliphatic rings. The molecule has 0 saturated heterocycles. The Hall–Kier alpha value is -2.30. The van der Waals surface area contributed by atoms with Crippen molar-refractivity contribution in [3.8, 4) is 5.75 Å². The summed E-state index contributed by atoms with van der Waals surface area (Å²) < 4.78 is 5.57. The lowest BCUT2D eigenvalue weighted by Gasteiger charge is -2.20. The van der Waals surface area contributed by atoms with Gasteiger partial charge in [-0.05, 0) is 45.0 Å². The fraction of sp³-hybridized carbons (Fsp3) is 0.333. The van der Waals surface area contributed by atoms with Crippen LogP contribution in [0.15, 0.2) is 30.5 Å². The molecule has 0 saturated carbocycles. The lowest BCUT2D eigenvalue weighted by atomic mass is 10.1. The molecule has 1 aromatic carbocycles. The van der Waals surface area contributed by atoms with Crippen LogP contribution in [0, 0.1) is 0 Å². The minimum atomic E-state index is -0.273. The number of carbonyl (C=O) groups excluding carboxylic acids is 1. The van der Waals surface area contributed by atoms with Gasteiger partial charge >= 0.3 is 0 Å². The standard InChI is InChI=1S/C15H19N3O2/c1-15(2,3)18-13(19)9-20-12-7-6-11(16)14-10(12)5-4-8-17-14/h4-8H,9,16H2,1-3H3,(H,18,19). The minimum Gasteiger partial charge on any atom is -0.483 e. The van der Waals surface area contributed by atoms with Crippen molar-refractivity contribution >= 4 is 22.5 Å². The van der Waals surface area contributed by atoms with E-state index in [1.54, 1.807) is 18.3 Å². The van der Waals surface area contributed by atoms with Gasteiger partial charge in [0.15, 0.2) is 6.61 Å². The summed E-state index contributed by atoms with van der Waals surface area (Å²) in [5, 5.41) is 3.65. The third-order valence-electron chi connectivity index (χ3n) is 2.63. The van der Waals surface area contributed by atoms with E-state index in [4.69, 9.17) is 10.5 Å². The molecule has 5 nitrogen and oxygen atoms in total. The van der Waals surface area contributed by atoms with Crippen LogP contribution < -0.4 is 15.8 Å². The van der Waals surface area contributed by atoms with E-state index < -0.39 is 0 Å². The maximum atomic E-state index is 11.8. The molecule has 2 aromatic rings. The highest BCUT2D eigenvalue weighted by molar-refractivity contribution is 5.94. The third kappa shape index (κ3) is 3.38. The largest absolute Gasteiger partial charge is 0.483 e. The van der Waals surface area contributed by atoms with E-state index in [1.807, 2.05) is 32.9 Å². The van der Waals surface area contributed by atoms with E-state index in [2.05, 4.69) is 10.3 Å². The second-order valence-electron chi connectivity index (χ2n) is 5.64. The monoisotopic (exact) mass is 273 g/mol. The van der Waals surface area contributed by atoms with Crippen molar-refractivity contribution in [1.82, 2.24) is 10.3 Å². The highest BCUT2D eigenvalue weighted by Crippen LogP contribution is 2.28. The van der Waals surface area contributed by atoms with Crippen molar-refractivity contribution in [1.29, 1.82) is 0 Å². The van der Waals surface area contributed by atoms with E-state index in [0.717, 1.165) is 5.39 Å². The smallest absolute Gasteiger partial charge is 0.258 e. The Morgan fingerprint density at radius 1 is 1.35 bits per heavy atom. The molecule has 20 heavy (non-hydrogen) atoms. The lowest BCUT2D eigenvalue weighted by Crippen LogP contribution is -2.43. The van der Waals surface area contributed by atoms with Crippen LogP contribution in [0.1, 0.15) is 20.8 Å². The summed E-state index contributed by atoms with van der Waals surface area (Å²) in [4.78, 5) is 16.0. The Balaban J connectivity index is 2.15. The van der Waals surface area contributed by atoms with Crippen molar-refractivity contribution in [3.63, 3.8) is 0 Å². The number of anilines is 1. The minimum absolute atomic E-state index is 0.0365. The zero-order chi connectivity index (χ0) is 14.8. The molecule has 3 N–H and O–H groups in total. The van der Waals surface area contributed by atoms with Crippen molar-refractivity contribution in [2.45, 2.75) is 26.3 Å². The predicted molar refractivity (Wildman–Crippen MR) is 79.5 cm³/mol. The third-order valence-corrected chi connectivity index (χ3v) is 2.63. The van der Waals surface area contributed by atoms with Crippen molar-refractivity contribution in [2.75, 3.05) is 12.3 Å². The van der Waals surface area contributed by atoms with Gasteiger partial charge < -0.3 is 15.8 Å². The average molecular weight is 273 g/mol. The number of hydrogen-bond donors (Lipinski definition) is 2. The van der Waals surface area contributed by atoms with Crippen LogP contribution in [-0.4, -0.2) is 23.0 Å². The van der Waals surface area contributed by atoms with Gasteiger partial charge in [0.25, 0.3) is 5.91 Å². The SMILES string of the molecule is CC(C)(C)NC(=O)COc1ccc(N)c2ncccc12. The molecule has 5 heteroatoms. The van der Waals surface area contributed by atoms with Gasteiger partial charge in [0.05, 0.1) is 11.2 Å². The van der Waals surface area contributed by atoms with Gasteiger partial charge in [-0.25, -0.2) is 0 Å². The van der Waals surface area contributed by atoms with Gasteiger partial charge in [0.2, 0.25) is 0 Å². The Labute approximate surface area is 118 Å². The van der Waals surface area contributed by atoms with Gasteiger partial charge in [0.1, 0.15) is 5.75 Å². The first-order valence-electron chi connectivity index (χ1n) is 6.44. The predicted octanol–water partition coefficient (Wildman–Crippen LogP) is 2.11. The number of rotatable bonds is 3. The number of nitrogens with one attached hydrogen (secondary N) is 1. The Bertz CT molecular complexity index is 633. The number of fused-ring (bicyclic) bond motifs is 1. The maximum Gasteiger partial charge on any atom is 0.258 e. The number of carbonyl (C=O) groups is 1. The van der Waals surface area contributed by atoms with Crippen LogP contribution >= 0.6 is 0 Å². The van der Waals surface area contributed by atoms with Crippen LogP contribution in [0.3, 0.4) is 0 Å². The number of hydrogen-bond acceptors (Lipinski definition) is 4. The molecule has 0 aliphatic carbocycles. The molecule has 0 aliphatic heterocycles. The molecule has 1 amide bonds. The van der Waals surface area contributed by atoms with E-state index >= 15 is 0 Å². The number of ether oxygens (including phenoxy) is 1. The van der Waals surface area contributed by atoms with Gasteiger partial charge in [-0.3, -0.25) is 9.78 Å². The van der Waals surface area contributed by atoms with Crippen LogP contribution in [0.25, 0.3) is 10.9 Å². The normalized spacial score (nSPS) is 11.3. The molecule has 2 rings (SSSR count). The lowest BCUT2D eigenvalue weighted by molar-refractivity contribution is -0.124. The summed E-state index contributed by atoms with van der Waals surface area (Å²) >= 11 is 0. The number of aromatic nitrogens is 1. The van der Waals surface area contributed by atoms with Crippen LogP contribution in [0.5, 0.6) is 5.75 Å². The zero-order valence-corrected chi connectivity index (χ0v) is 11.9. The second-order valence-corrected chi connectivity index (χ2v) is 5.64. The molecule has 0 radical (unpaired) electrons. The van der Waals surface area contributed by atoms with Crippen molar-refractivity contribution in [2.24, 2.45) is 0 Å². The fourth-order valence-corrected chi connectivity index (χ4v) is 1.89. The van der Waals surface area contributed by atoms with Gasteiger partial charge in [-0.1, -0.05) is 0 Å². The fourth-order valence-electron chi connectivity index (χ4n) is 1.89. The van der Waals surface area contributed by atoms with Gasteiger partial charge in [0, 0.05) is 17.1 Å². The number of nitrogen functional groups attached to an aromatic ring is 1. The van der Waals surface area contributed by atoms with E-state index in [-0.39, 0.29) is 18.1 Å². The summed E-state index contributed by atoms with van der Waals surface area (Å²) in [5.74, 6) is 0.442. The molecular weight excluding hydrogens is 254 g/mol. The van der Waals surface area contributed by atoms with E-state index in [9.17, 15) is 4.79 Å². The molecule has 0 unspecified atom stereocenters. The first kappa shape index (κ1) is 14.1. The molecule has 1 heterocycles. The number of benzene rings is 1. The Kier molecular flexibility index (Phi) is 3.79. The quantitative estimate of drug-likeness (QED) is 0.840. The highest BCUT2D eigenvalue weighted by atomic mass is 16.5. The molecular formula is C15H19N3O2. The number of pyridine rings is 1. The zero-order valence-electron chi connectivity index (χ0n) is 11.9. The number of nitrogens with zero attached hydrogens (tertiary/aromatic N) is 1. The number of amides is 1. The van der Waals surface area contributed by atoms with Gasteiger partial charge in [-0.15, -0.1) is 0 Å². The van der Waals surface area contributed by atoms with Gasteiger partial charge in [-0.2, -0.15) is 0 Å². The summed E-state index contributed by atoms with van der Waals surface area (Å²) in [7, 11) is 0. The summed E-state index contributed by atoms with van der Waals surface area (Å²) in [5.41, 5.74) is 6.87. The Morgan fingerprint density at radius 2 is 2.10 bits per heavy atom. The Morgan fingerprint density at radius 3 is 2.80 bits per heavy atom. The van der Waals surface area contributed by atoms with E-state index in [0.29, 0.717) is 17.0 Å². The van der Waals surface area contributed by atoms with Crippen molar-refractivity contribution < 1.29 is 9.53 Å². The molecule has 0 bridgehead atoms.